The molecule has 0 bridgehead atoms. The molecule has 0 radical (unpaired) electrons. The molecule has 0 amide bonds. The summed E-state index contributed by atoms with van der Waals surface area (Å²) in [5, 5.41) is 0. The van der Waals surface area contributed by atoms with Crippen molar-refractivity contribution in [2.75, 3.05) is 26.0 Å². The Kier molecular flexibility index (Phi) is 5.94. The lowest BCUT2D eigenvalue weighted by Gasteiger charge is -2.30. The first-order chi connectivity index (χ1) is 9.90. The quantitative estimate of drug-likeness (QED) is 0.718. The molecule has 0 N–H and O–H groups in total. The Hall–Kier alpha value is -0.300. The van der Waals surface area contributed by atoms with Crippen LogP contribution in [0.2, 0.25) is 0 Å². The first kappa shape index (κ1) is 17.1. The summed E-state index contributed by atoms with van der Waals surface area (Å²) < 4.78 is 31.6. The average Bonchev–Trinajstić information content (AvgIpc) is 2.45. The molecule has 0 spiro atoms. The number of nitrogens with zero attached hydrogens (tertiary/aromatic N) is 1. The van der Waals surface area contributed by atoms with Crippen LogP contribution in [0.4, 0.5) is 0 Å². The van der Waals surface area contributed by atoms with E-state index in [9.17, 15) is 8.42 Å². The zero-order valence-corrected chi connectivity index (χ0v) is 15.0. The summed E-state index contributed by atoms with van der Waals surface area (Å²) in [7, 11) is -3.11. The maximum atomic E-state index is 11.6. The molecule has 1 aromatic carbocycles. The number of halogens is 2. The Morgan fingerprint density at radius 3 is 2.90 bits per heavy atom. The average molecular weight is 397 g/mol. The lowest BCUT2D eigenvalue weighted by Crippen LogP contribution is -2.40. The van der Waals surface area contributed by atoms with Crippen molar-refractivity contribution in [3.8, 4) is 5.75 Å². The number of piperidine rings is 1. The van der Waals surface area contributed by atoms with Crippen molar-refractivity contribution >= 4 is 37.6 Å². The SMILES string of the molecule is CS(=O)(=O)N1CCCC(COc2ccc(Br)cc2CCl)C1. The third kappa shape index (κ3) is 4.84. The molecule has 1 atom stereocenters. The lowest BCUT2D eigenvalue weighted by molar-refractivity contribution is 0.180. The molecule has 0 saturated carbocycles. The van der Waals surface area contributed by atoms with Gasteiger partial charge in [0.25, 0.3) is 0 Å². The summed E-state index contributed by atoms with van der Waals surface area (Å²) in [6.45, 7) is 1.66. The van der Waals surface area contributed by atoms with Gasteiger partial charge >= 0.3 is 0 Å². The first-order valence-corrected chi connectivity index (χ1v) is 10.00. The smallest absolute Gasteiger partial charge is 0.211 e. The Morgan fingerprint density at radius 2 is 2.24 bits per heavy atom. The fraction of sp³-hybridized carbons (Fsp3) is 0.571. The predicted octanol–water partition coefficient (Wildman–Crippen LogP) is 3.24. The monoisotopic (exact) mass is 395 g/mol. The molecule has 1 aliphatic rings. The normalized spacial score (nSPS) is 20.4. The van der Waals surface area contributed by atoms with Gasteiger partial charge in [-0.25, -0.2) is 12.7 Å². The minimum absolute atomic E-state index is 0.222. The van der Waals surface area contributed by atoms with Crippen LogP contribution < -0.4 is 4.74 Å². The molecule has 1 fully saturated rings. The molecule has 1 aliphatic heterocycles. The van der Waals surface area contributed by atoms with Crippen LogP contribution in [0.3, 0.4) is 0 Å². The van der Waals surface area contributed by atoms with Crippen molar-refractivity contribution in [2.24, 2.45) is 5.92 Å². The Labute approximate surface area is 139 Å². The molecule has 7 heteroatoms. The third-order valence-electron chi connectivity index (χ3n) is 3.59. The molecule has 118 valence electrons. The fourth-order valence-corrected chi connectivity index (χ4v) is 4.02. The van der Waals surface area contributed by atoms with Crippen LogP contribution >= 0.6 is 27.5 Å². The van der Waals surface area contributed by atoms with E-state index in [-0.39, 0.29) is 5.92 Å². The number of alkyl halides is 1. The van der Waals surface area contributed by atoms with Gasteiger partial charge in [0.1, 0.15) is 5.75 Å². The summed E-state index contributed by atoms with van der Waals surface area (Å²) in [6, 6.07) is 5.74. The number of benzene rings is 1. The minimum atomic E-state index is -3.11. The topological polar surface area (TPSA) is 46.6 Å². The Morgan fingerprint density at radius 1 is 1.48 bits per heavy atom. The van der Waals surface area contributed by atoms with Gasteiger partial charge in [0.2, 0.25) is 10.0 Å². The molecule has 0 aromatic heterocycles. The van der Waals surface area contributed by atoms with Crippen LogP contribution in [0.15, 0.2) is 22.7 Å². The fourth-order valence-electron chi connectivity index (χ4n) is 2.47. The minimum Gasteiger partial charge on any atom is -0.493 e. The van der Waals surface area contributed by atoms with Crippen LogP contribution in [0.1, 0.15) is 18.4 Å². The highest BCUT2D eigenvalue weighted by atomic mass is 79.9. The van der Waals surface area contributed by atoms with E-state index in [4.69, 9.17) is 16.3 Å². The second-order valence-electron chi connectivity index (χ2n) is 5.33. The molecule has 21 heavy (non-hydrogen) atoms. The van der Waals surface area contributed by atoms with Crippen molar-refractivity contribution < 1.29 is 13.2 Å². The molecular formula is C14H19BrClNO3S. The molecule has 0 aliphatic carbocycles. The zero-order valence-electron chi connectivity index (χ0n) is 11.9. The van der Waals surface area contributed by atoms with E-state index in [1.165, 1.54) is 10.6 Å². The van der Waals surface area contributed by atoms with Gasteiger partial charge in [-0.15, -0.1) is 11.6 Å². The molecule has 1 heterocycles. The summed E-state index contributed by atoms with van der Waals surface area (Å²) in [4.78, 5) is 0. The van der Waals surface area contributed by atoms with E-state index in [1.54, 1.807) is 0 Å². The second kappa shape index (κ2) is 7.31. The van der Waals surface area contributed by atoms with Gasteiger partial charge in [-0.05, 0) is 31.0 Å². The number of sulfonamides is 1. The molecule has 2 rings (SSSR count). The van der Waals surface area contributed by atoms with E-state index in [0.717, 1.165) is 28.6 Å². The van der Waals surface area contributed by atoms with Crippen LogP contribution in [0.25, 0.3) is 0 Å². The second-order valence-corrected chi connectivity index (χ2v) is 8.49. The van der Waals surface area contributed by atoms with Crippen LogP contribution in [0.5, 0.6) is 5.75 Å². The number of rotatable bonds is 5. The number of hydrogen-bond acceptors (Lipinski definition) is 3. The molecule has 1 aromatic rings. The van der Waals surface area contributed by atoms with Crippen molar-refractivity contribution in [1.82, 2.24) is 4.31 Å². The molecule has 4 nitrogen and oxygen atoms in total. The third-order valence-corrected chi connectivity index (χ3v) is 5.64. The van der Waals surface area contributed by atoms with E-state index >= 15 is 0 Å². The summed E-state index contributed by atoms with van der Waals surface area (Å²) in [6.07, 6.45) is 3.12. The number of hydrogen-bond donors (Lipinski definition) is 0. The van der Waals surface area contributed by atoms with Gasteiger partial charge in [0.15, 0.2) is 0 Å². The van der Waals surface area contributed by atoms with Gasteiger partial charge in [0.05, 0.1) is 18.7 Å². The summed E-state index contributed by atoms with van der Waals surface area (Å²) >= 11 is 9.33. The highest BCUT2D eigenvalue weighted by molar-refractivity contribution is 9.10. The number of ether oxygens (including phenoxy) is 1. The zero-order chi connectivity index (χ0) is 15.5. The van der Waals surface area contributed by atoms with Gasteiger partial charge in [0, 0.05) is 29.0 Å². The summed E-state index contributed by atoms with van der Waals surface area (Å²) in [5.74, 6) is 1.37. The maximum absolute atomic E-state index is 11.6. The van der Waals surface area contributed by atoms with Crippen molar-refractivity contribution in [1.29, 1.82) is 0 Å². The molecule has 1 saturated heterocycles. The highest BCUT2D eigenvalue weighted by Gasteiger charge is 2.26. The molecule has 1 unspecified atom stereocenters. The largest absolute Gasteiger partial charge is 0.493 e. The van der Waals surface area contributed by atoms with E-state index < -0.39 is 10.0 Å². The predicted molar refractivity (Wildman–Crippen MR) is 88.3 cm³/mol. The standard InChI is InChI=1S/C14H19BrClNO3S/c1-21(18,19)17-6-2-3-11(9-17)10-20-14-5-4-13(15)7-12(14)8-16/h4-5,7,11H,2-3,6,8-10H2,1H3. The van der Waals surface area contributed by atoms with E-state index in [0.29, 0.717) is 25.6 Å². The van der Waals surface area contributed by atoms with Gasteiger partial charge in [-0.1, -0.05) is 15.9 Å². The van der Waals surface area contributed by atoms with Crippen molar-refractivity contribution in [2.45, 2.75) is 18.7 Å². The van der Waals surface area contributed by atoms with Crippen molar-refractivity contribution in [3.63, 3.8) is 0 Å². The Bertz CT molecular complexity index is 594. The van der Waals surface area contributed by atoms with E-state index in [1.807, 2.05) is 18.2 Å². The highest BCUT2D eigenvalue weighted by Crippen LogP contribution is 2.26. The van der Waals surface area contributed by atoms with Crippen LogP contribution in [0, 0.1) is 5.92 Å². The summed E-state index contributed by atoms with van der Waals surface area (Å²) in [5.41, 5.74) is 0.932. The van der Waals surface area contributed by atoms with Gasteiger partial charge in [-0.2, -0.15) is 0 Å². The maximum Gasteiger partial charge on any atom is 0.211 e. The lowest BCUT2D eigenvalue weighted by atomic mass is 10.0. The van der Waals surface area contributed by atoms with Crippen molar-refractivity contribution in [3.05, 3.63) is 28.2 Å². The van der Waals surface area contributed by atoms with Gasteiger partial charge in [-0.3, -0.25) is 0 Å². The van der Waals surface area contributed by atoms with Crippen LogP contribution in [-0.2, 0) is 15.9 Å². The van der Waals surface area contributed by atoms with E-state index in [2.05, 4.69) is 15.9 Å². The van der Waals surface area contributed by atoms with Crippen LogP contribution in [-0.4, -0.2) is 38.7 Å². The first-order valence-electron chi connectivity index (χ1n) is 6.82. The van der Waals surface area contributed by atoms with Gasteiger partial charge < -0.3 is 4.74 Å². The Balaban J connectivity index is 1.97. The molecular weight excluding hydrogens is 378 g/mol.